The minimum Gasteiger partial charge on any atom is -0.324 e. The molecule has 0 amide bonds. The molecular formula is C28H24F3N5. The molecule has 2 aromatic heterocycles. The van der Waals surface area contributed by atoms with Crippen molar-refractivity contribution in [2.45, 2.75) is 38.8 Å². The molecule has 2 heterocycles. The lowest BCUT2D eigenvalue weighted by atomic mass is 9.80. The Morgan fingerprint density at radius 1 is 0.889 bits per heavy atom. The molecule has 0 saturated heterocycles. The van der Waals surface area contributed by atoms with E-state index in [1.54, 1.807) is 30.6 Å². The molecule has 1 aliphatic carbocycles. The van der Waals surface area contributed by atoms with Gasteiger partial charge in [-0.15, -0.1) is 0 Å². The molecule has 0 saturated carbocycles. The Morgan fingerprint density at radius 3 is 2.33 bits per heavy atom. The first kappa shape index (κ1) is 23.7. The van der Waals surface area contributed by atoms with Crippen LogP contribution in [0, 0.1) is 0 Å². The summed E-state index contributed by atoms with van der Waals surface area (Å²) in [4.78, 5) is 17.6. The number of fused-ring (bicyclic) bond motifs is 1. The minimum atomic E-state index is -4.55. The van der Waals surface area contributed by atoms with Crippen molar-refractivity contribution in [3.8, 4) is 22.8 Å². The number of halogens is 3. The maximum absolute atomic E-state index is 13.8. The molecule has 8 heteroatoms. The van der Waals surface area contributed by atoms with Gasteiger partial charge in [0, 0.05) is 34.8 Å². The van der Waals surface area contributed by atoms with Crippen LogP contribution >= 0.6 is 0 Å². The third-order valence-corrected chi connectivity index (χ3v) is 6.41. The Morgan fingerprint density at radius 2 is 1.61 bits per heavy atom. The highest BCUT2D eigenvalue weighted by Crippen LogP contribution is 2.41. The summed E-state index contributed by atoms with van der Waals surface area (Å²) >= 11 is 0. The fraction of sp³-hybridized carbons (Fsp3) is 0.214. The van der Waals surface area contributed by atoms with Crippen LogP contribution in [0.1, 0.15) is 49.3 Å². The summed E-state index contributed by atoms with van der Waals surface area (Å²) < 4.78 is 41.4. The van der Waals surface area contributed by atoms with Crippen molar-refractivity contribution in [3.63, 3.8) is 0 Å². The predicted octanol–water partition coefficient (Wildman–Crippen LogP) is 7.36. The molecule has 1 unspecified atom stereocenters. The second kappa shape index (κ2) is 9.53. The van der Waals surface area contributed by atoms with Gasteiger partial charge in [0.25, 0.3) is 0 Å². The highest BCUT2D eigenvalue weighted by molar-refractivity contribution is 5.81. The lowest BCUT2D eigenvalue weighted by Gasteiger charge is -2.28. The van der Waals surface area contributed by atoms with Crippen molar-refractivity contribution in [3.05, 3.63) is 95.3 Å². The van der Waals surface area contributed by atoms with E-state index in [1.165, 1.54) is 17.7 Å². The summed E-state index contributed by atoms with van der Waals surface area (Å²) in [5.41, 5.74) is 3.96. The molecule has 0 spiro atoms. The zero-order valence-electron chi connectivity index (χ0n) is 19.8. The normalized spacial score (nSPS) is 15.5. The van der Waals surface area contributed by atoms with Crippen LogP contribution in [0.3, 0.4) is 0 Å². The van der Waals surface area contributed by atoms with Crippen LogP contribution in [0.4, 0.5) is 19.1 Å². The number of hydrogen-bond donors (Lipinski definition) is 1. The van der Waals surface area contributed by atoms with Crippen molar-refractivity contribution in [2.75, 3.05) is 5.32 Å². The molecule has 5 nitrogen and oxygen atoms in total. The second-order valence-corrected chi connectivity index (χ2v) is 8.77. The van der Waals surface area contributed by atoms with Crippen molar-refractivity contribution >= 4 is 11.6 Å². The lowest BCUT2D eigenvalue weighted by molar-refractivity contribution is -0.137. The molecule has 2 aromatic carbocycles. The zero-order chi connectivity index (χ0) is 25.3. The maximum Gasteiger partial charge on any atom is 0.417 e. The monoisotopic (exact) mass is 487 g/mol. The summed E-state index contributed by atoms with van der Waals surface area (Å²) in [5.74, 6) is 0.759. The predicted molar refractivity (Wildman–Crippen MR) is 134 cm³/mol. The largest absolute Gasteiger partial charge is 0.417 e. The molecule has 0 fully saturated rings. The molecule has 0 bridgehead atoms. The van der Waals surface area contributed by atoms with E-state index in [1.807, 2.05) is 18.2 Å². The Kier molecular flexibility index (Phi) is 6.26. The van der Waals surface area contributed by atoms with Crippen molar-refractivity contribution in [1.29, 1.82) is 0 Å². The SMILES string of the molecule is CCC1CC(C)=C(Nc2nc(-c3cccnc3)nc(-c3ccccc3C(F)(F)F)n2)c2ccccc21. The molecule has 1 aliphatic rings. The van der Waals surface area contributed by atoms with Crippen LogP contribution in [0.2, 0.25) is 0 Å². The Labute approximate surface area is 207 Å². The summed E-state index contributed by atoms with van der Waals surface area (Å²) in [5, 5.41) is 3.33. The molecule has 0 aliphatic heterocycles. The van der Waals surface area contributed by atoms with E-state index in [0.717, 1.165) is 35.7 Å². The van der Waals surface area contributed by atoms with Gasteiger partial charge in [0.1, 0.15) is 0 Å². The van der Waals surface area contributed by atoms with Gasteiger partial charge in [-0.2, -0.15) is 23.1 Å². The van der Waals surface area contributed by atoms with Crippen LogP contribution in [0.5, 0.6) is 0 Å². The fourth-order valence-corrected chi connectivity index (χ4v) is 4.64. The summed E-state index contributed by atoms with van der Waals surface area (Å²) in [7, 11) is 0. The van der Waals surface area contributed by atoms with Crippen LogP contribution in [0.25, 0.3) is 28.5 Å². The third-order valence-electron chi connectivity index (χ3n) is 6.41. The summed E-state index contributed by atoms with van der Waals surface area (Å²) in [6.45, 7) is 4.23. The van der Waals surface area contributed by atoms with E-state index >= 15 is 0 Å². The molecule has 1 atom stereocenters. The van der Waals surface area contributed by atoms with E-state index in [9.17, 15) is 13.2 Å². The molecule has 0 radical (unpaired) electrons. The third kappa shape index (κ3) is 4.58. The van der Waals surface area contributed by atoms with E-state index in [0.29, 0.717) is 11.5 Å². The van der Waals surface area contributed by atoms with Gasteiger partial charge in [0.15, 0.2) is 11.6 Å². The van der Waals surface area contributed by atoms with Gasteiger partial charge in [-0.25, -0.2) is 4.98 Å². The second-order valence-electron chi connectivity index (χ2n) is 8.77. The maximum atomic E-state index is 13.8. The minimum absolute atomic E-state index is 0.0620. The molecule has 36 heavy (non-hydrogen) atoms. The molecule has 4 aromatic rings. The van der Waals surface area contributed by atoms with Gasteiger partial charge in [-0.3, -0.25) is 4.98 Å². The van der Waals surface area contributed by atoms with Crippen molar-refractivity contribution in [2.24, 2.45) is 0 Å². The number of allylic oxidation sites excluding steroid dienone is 1. The lowest BCUT2D eigenvalue weighted by Crippen LogP contribution is -2.16. The zero-order valence-corrected chi connectivity index (χ0v) is 19.8. The summed E-state index contributed by atoms with van der Waals surface area (Å²) in [6, 6.07) is 17.0. The standard InChI is InChI=1S/C28H24F3N5/c1-3-18-15-17(2)24(21-11-5-4-10-20(18)21)33-27-35-25(19-9-8-14-32-16-19)34-26(36-27)22-12-6-7-13-23(22)28(29,30)31/h4-14,16,18H,3,15H2,1-2H3,(H,33,34,35,36). The van der Waals surface area contributed by atoms with E-state index < -0.39 is 11.7 Å². The first-order chi connectivity index (χ1) is 17.3. The quantitative estimate of drug-likeness (QED) is 0.319. The number of nitrogens with one attached hydrogen (secondary N) is 1. The van der Waals surface area contributed by atoms with E-state index in [2.05, 4.69) is 45.2 Å². The highest BCUT2D eigenvalue weighted by atomic mass is 19.4. The van der Waals surface area contributed by atoms with Crippen molar-refractivity contribution < 1.29 is 13.2 Å². The van der Waals surface area contributed by atoms with Gasteiger partial charge in [-0.1, -0.05) is 49.4 Å². The van der Waals surface area contributed by atoms with Gasteiger partial charge in [0.2, 0.25) is 5.95 Å². The van der Waals surface area contributed by atoms with Crippen LogP contribution in [-0.2, 0) is 6.18 Å². The number of pyridine rings is 1. The topological polar surface area (TPSA) is 63.6 Å². The molecule has 5 rings (SSSR count). The van der Waals surface area contributed by atoms with Gasteiger partial charge in [0.05, 0.1) is 5.56 Å². The number of anilines is 1. The van der Waals surface area contributed by atoms with Crippen LogP contribution in [-0.4, -0.2) is 19.9 Å². The Balaban J connectivity index is 1.66. The Hall–Kier alpha value is -4.07. The fourth-order valence-electron chi connectivity index (χ4n) is 4.64. The number of benzene rings is 2. The van der Waals surface area contributed by atoms with Crippen LogP contribution < -0.4 is 5.32 Å². The number of alkyl halides is 3. The number of aromatic nitrogens is 4. The number of nitrogens with zero attached hydrogens (tertiary/aromatic N) is 4. The molecule has 1 N–H and O–H groups in total. The Bertz CT molecular complexity index is 1430. The van der Waals surface area contributed by atoms with E-state index in [4.69, 9.17) is 0 Å². The van der Waals surface area contributed by atoms with Gasteiger partial charge >= 0.3 is 6.18 Å². The highest BCUT2D eigenvalue weighted by Gasteiger charge is 2.34. The van der Waals surface area contributed by atoms with E-state index in [-0.39, 0.29) is 23.2 Å². The van der Waals surface area contributed by atoms with Gasteiger partial charge in [-0.05, 0) is 55.0 Å². The average Bonchev–Trinajstić information content (AvgIpc) is 2.90. The van der Waals surface area contributed by atoms with Crippen molar-refractivity contribution in [1.82, 2.24) is 19.9 Å². The first-order valence-electron chi connectivity index (χ1n) is 11.7. The summed E-state index contributed by atoms with van der Waals surface area (Å²) in [6.07, 6.45) is 0.519. The van der Waals surface area contributed by atoms with Crippen LogP contribution in [0.15, 0.2) is 78.6 Å². The molecular weight excluding hydrogens is 463 g/mol. The number of hydrogen-bond acceptors (Lipinski definition) is 5. The first-order valence-corrected chi connectivity index (χ1v) is 11.7. The number of rotatable bonds is 5. The smallest absolute Gasteiger partial charge is 0.324 e. The van der Waals surface area contributed by atoms with Gasteiger partial charge < -0.3 is 5.32 Å². The average molecular weight is 488 g/mol. The molecule has 182 valence electrons.